The zero-order valence-corrected chi connectivity index (χ0v) is 12.8. The molecule has 0 radical (unpaired) electrons. The summed E-state index contributed by atoms with van der Waals surface area (Å²) in [5.74, 6) is 0.419. The molecule has 0 aliphatic carbocycles. The number of rotatable bonds is 3. The predicted molar refractivity (Wildman–Crippen MR) is 78.6 cm³/mol. The first-order chi connectivity index (χ1) is 9.41. The highest BCUT2D eigenvalue weighted by Crippen LogP contribution is 2.41. The average Bonchev–Trinajstić information content (AvgIpc) is 2.38. The van der Waals surface area contributed by atoms with Gasteiger partial charge in [-0.25, -0.2) is 4.21 Å². The lowest BCUT2D eigenvalue weighted by molar-refractivity contribution is 0.437. The van der Waals surface area contributed by atoms with Gasteiger partial charge in [-0.2, -0.15) is 0 Å². The van der Waals surface area contributed by atoms with E-state index in [1.165, 1.54) is 11.1 Å². The Balaban J connectivity index is 2.54. The quantitative estimate of drug-likeness (QED) is 0.869. The van der Waals surface area contributed by atoms with Crippen molar-refractivity contribution in [3.05, 3.63) is 52.4 Å². The van der Waals surface area contributed by atoms with Crippen LogP contribution < -0.4 is 9.50 Å². The smallest absolute Gasteiger partial charge is 0.143 e. The van der Waals surface area contributed by atoms with Crippen molar-refractivity contribution in [2.45, 2.75) is 33.6 Å². The van der Waals surface area contributed by atoms with E-state index in [9.17, 15) is 8.76 Å². The Bertz CT molecular complexity index is 595. The van der Waals surface area contributed by atoms with E-state index in [0.717, 1.165) is 17.0 Å². The van der Waals surface area contributed by atoms with Crippen LogP contribution >= 0.6 is 0 Å². The van der Waals surface area contributed by atoms with Crippen LogP contribution in [0.3, 0.4) is 0 Å². The van der Waals surface area contributed by atoms with Crippen LogP contribution in [-0.4, -0.2) is 8.76 Å². The number of benzene rings is 1. The maximum absolute atomic E-state index is 10.8. The fraction of sp³-hybridized carbons (Fsp3) is 0.333. The monoisotopic (exact) mass is 292 g/mol. The lowest BCUT2D eigenvalue weighted by Crippen LogP contribution is -2.22. The van der Waals surface area contributed by atoms with E-state index in [4.69, 9.17) is 4.18 Å². The maximum atomic E-state index is 10.8. The highest BCUT2D eigenvalue weighted by molar-refractivity contribution is 7.74. The third-order valence-electron chi connectivity index (χ3n) is 3.81. The minimum atomic E-state index is -2.57. The summed E-state index contributed by atoms with van der Waals surface area (Å²) in [4.78, 5) is 0. The van der Waals surface area contributed by atoms with Crippen LogP contribution in [-0.2, 0) is 11.4 Å². The van der Waals surface area contributed by atoms with Gasteiger partial charge in [0.05, 0.1) is 0 Å². The van der Waals surface area contributed by atoms with Crippen LogP contribution in [0.25, 0.3) is 0 Å². The summed E-state index contributed by atoms with van der Waals surface area (Å²) in [6.07, 6.45) is 0. The molecule has 0 bridgehead atoms. The molecule has 0 fully saturated rings. The van der Waals surface area contributed by atoms with Gasteiger partial charge in [-0.3, -0.25) is 0 Å². The van der Waals surface area contributed by atoms with Gasteiger partial charge in [0.2, 0.25) is 0 Å². The summed E-state index contributed by atoms with van der Waals surface area (Å²) < 4.78 is 26.6. The maximum Gasteiger partial charge on any atom is 0.143 e. The molecule has 0 saturated heterocycles. The first-order valence-electron chi connectivity index (χ1n) is 6.40. The molecule has 0 aromatic heterocycles. The second-order valence-electron chi connectivity index (χ2n) is 5.00. The molecule has 0 spiro atoms. The first-order valence-corrected chi connectivity index (χ1v) is 7.40. The molecular formula is C15H18NO3S-. The summed E-state index contributed by atoms with van der Waals surface area (Å²) in [5.41, 5.74) is 5.39. The summed E-state index contributed by atoms with van der Waals surface area (Å²) in [5, 5.41) is 3.34. The average molecular weight is 292 g/mol. The molecule has 20 heavy (non-hydrogen) atoms. The van der Waals surface area contributed by atoms with Crippen molar-refractivity contribution in [2.24, 2.45) is 0 Å². The van der Waals surface area contributed by atoms with E-state index in [-0.39, 0.29) is 5.92 Å². The highest BCUT2D eigenvalue weighted by Gasteiger charge is 2.26. The Labute approximate surface area is 122 Å². The Hall–Kier alpha value is -1.59. The molecule has 108 valence electrons. The van der Waals surface area contributed by atoms with E-state index >= 15 is 0 Å². The third-order valence-corrected chi connectivity index (χ3v) is 4.13. The molecule has 0 saturated carbocycles. The summed E-state index contributed by atoms with van der Waals surface area (Å²) in [6, 6.07) is 7.25. The Morgan fingerprint density at radius 1 is 1.10 bits per heavy atom. The van der Waals surface area contributed by atoms with Crippen molar-refractivity contribution in [2.75, 3.05) is 0 Å². The Kier molecular flexibility index (Phi) is 4.30. The van der Waals surface area contributed by atoms with Crippen molar-refractivity contribution in [3.8, 4) is 5.75 Å². The molecule has 1 heterocycles. The number of para-hydroxylation sites is 1. The minimum Gasteiger partial charge on any atom is -0.740 e. The van der Waals surface area contributed by atoms with Crippen LogP contribution in [0.2, 0.25) is 0 Å². The van der Waals surface area contributed by atoms with Crippen molar-refractivity contribution >= 4 is 11.4 Å². The van der Waals surface area contributed by atoms with Crippen LogP contribution in [0.1, 0.15) is 39.2 Å². The van der Waals surface area contributed by atoms with Crippen LogP contribution in [0, 0.1) is 0 Å². The summed E-state index contributed by atoms with van der Waals surface area (Å²) in [7, 11) is 0. The van der Waals surface area contributed by atoms with E-state index in [1.807, 2.05) is 39.8 Å². The molecule has 4 nitrogen and oxygen atoms in total. The standard InChI is InChI=1S/C15H19NO3S/c1-9-11(3)16-12(4)10(2)15(9)13-7-5-6-8-14(13)19-20(17)18/h5-8,15-16H,1-4H3,(H,17,18)/p-1. The van der Waals surface area contributed by atoms with Crippen molar-refractivity contribution in [1.82, 2.24) is 5.32 Å². The van der Waals surface area contributed by atoms with Crippen molar-refractivity contribution in [1.29, 1.82) is 0 Å². The number of nitrogens with one attached hydrogen (secondary N) is 1. The molecule has 1 aromatic rings. The van der Waals surface area contributed by atoms with Crippen molar-refractivity contribution < 1.29 is 12.9 Å². The molecule has 1 aromatic carbocycles. The molecule has 1 aliphatic rings. The second kappa shape index (κ2) is 5.81. The number of hydrogen-bond acceptors (Lipinski definition) is 4. The molecular weight excluding hydrogens is 274 g/mol. The topological polar surface area (TPSA) is 61.4 Å². The van der Waals surface area contributed by atoms with E-state index in [0.29, 0.717) is 5.75 Å². The molecule has 2 rings (SSSR count). The lowest BCUT2D eigenvalue weighted by atomic mass is 9.82. The third kappa shape index (κ3) is 2.78. The van der Waals surface area contributed by atoms with E-state index in [1.54, 1.807) is 12.1 Å². The summed E-state index contributed by atoms with van der Waals surface area (Å²) >= 11 is -2.57. The van der Waals surface area contributed by atoms with Gasteiger partial charge < -0.3 is 14.1 Å². The van der Waals surface area contributed by atoms with Crippen LogP contribution in [0.4, 0.5) is 0 Å². The predicted octanol–water partition coefficient (Wildman–Crippen LogP) is 3.13. The van der Waals surface area contributed by atoms with Crippen LogP contribution in [0.15, 0.2) is 46.8 Å². The number of dihydropyridines is 1. The van der Waals surface area contributed by atoms with Gasteiger partial charge in [-0.15, -0.1) is 0 Å². The van der Waals surface area contributed by atoms with Gasteiger partial charge in [0.25, 0.3) is 0 Å². The van der Waals surface area contributed by atoms with Gasteiger partial charge in [0.15, 0.2) is 0 Å². The number of allylic oxidation sites excluding steroid dienone is 4. The first kappa shape index (κ1) is 14.8. The minimum absolute atomic E-state index is 0.0380. The summed E-state index contributed by atoms with van der Waals surface area (Å²) in [6.45, 7) is 8.14. The van der Waals surface area contributed by atoms with Gasteiger partial charge in [-0.05, 0) is 44.9 Å². The van der Waals surface area contributed by atoms with E-state index in [2.05, 4.69) is 5.32 Å². The van der Waals surface area contributed by atoms with Crippen LogP contribution in [0.5, 0.6) is 5.75 Å². The number of hydrogen-bond donors (Lipinski definition) is 1. The van der Waals surface area contributed by atoms with Crippen molar-refractivity contribution in [3.63, 3.8) is 0 Å². The zero-order chi connectivity index (χ0) is 14.9. The van der Waals surface area contributed by atoms with Gasteiger partial charge in [-0.1, -0.05) is 18.2 Å². The van der Waals surface area contributed by atoms with Gasteiger partial charge in [0.1, 0.15) is 17.1 Å². The highest BCUT2D eigenvalue weighted by atomic mass is 32.2. The molecule has 1 aliphatic heterocycles. The van der Waals surface area contributed by atoms with Gasteiger partial charge >= 0.3 is 0 Å². The normalized spacial score (nSPS) is 18.1. The second-order valence-corrected chi connectivity index (χ2v) is 5.57. The van der Waals surface area contributed by atoms with E-state index < -0.39 is 11.4 Å². The SMILES string of the molecule is CC1=C(C)C(c2ccccc2OS(=O)[O-])C(C)=C(C)N1. The molecule has 1 atom stereocenters. The molecule has 1 N–H and O–H groups in total. The molecule has 0 amide bonds. The largest absolute Gasteiger partial charge is 0.740 e. The molecule has 1 unspecified atom stereocenters. The Morgan fingerprint density at radius 3 is 2.20 bits per heavy atom. The Morgan fingerprint density at radius 2 is 1.65 bits per heavy atom. The van der Waals surface area contributed by atoms with Gasteiger partial charge in [0, 0.05) is 22.9 Å². The fourth-order valence-corrected chi connectivity index (χ4v) is 2.87. The fourth-order valence-electron chi connectivity index (χ4n) is 2.57. The molecule has 5 heteroatoms. The zero-order valence-electron chi connectivity index (χ0n) is 12.0. The lowest BCUT2D eigenvalue weighted by Gasteiger charge is -2.30.